The van der Waals surface area contributed by atoms with Gasteiger partial charge in [0, 0.05) is 0 Å². The van der Waals surface area contributed by atoms with E-state index in [4.69, 9.17) is 16.3 Å². The topological polar surface area (TPSA) is 38.3 Å². The van der Waals surface area contributed by atoms with Crippen LogP contribution in [0, 0.1) is 27.7 Å². The summed E-state index contributed by atoms with van der Waals surface area (Å²) in [7, 11) is 0. The van der Waals surface area contributed by atoms with E-state index in [0.29, 0.717) is 10.7 Å². The molecule has 2 rings (SSSR count). The molecule has 2 aromatic carbocycles. The monoisotopic (exact) mass is 317 g/mol. The van der Waals surface area contributed by atoms with E-state index in [-0.39, 0.29) is 12.5 Å². The molecule has 0 spiro atoms. The summed E-state index contributed by atoms with van der Waals surface area (Å²) in [5.74, 6) is 0.529. The van der Waals surface area contributed by atoms with Crippen LogP contribution in [0.1, 0.15) is 22.3 Å². The van der Waals surface area contributed by atoms with Crippen LogP contribution in [0.25, 0.3) is 0 Å². The molecule has 0 saturated heterocycles. The predicted octanol–water partition coefficient (Wildman–Crippen LogP) is 4.59. The highest BCUT2D eigenvalue weighted by Crippen LogP contribution is 2.27. The maximum Gasteiger partial charge on any atom is 0.262 e. The van der Waals surface area contributed by atoms with Crippen molar-refractivity contribution in [1.29, 1.82) is 0 Å². The van der Waals surface area contributed by atoms with Gasteiger partial charge in [0.05, 0.1) is 10.7 Å². The minimum Gasteiger partial charge on any atom is -0.483 e. The maximum atomic E-state index is 12.1. The van der Waals surface area contributed by atoms with Gasteiger partial charge in [-0.2, -0.15) is 0 Å². The van der Waals surface area contributed by atoms with Crippen molar-refractivity contribution in [3.05, 3.63) is 57.6 Å². The molecule has 4 heteroatoms. The van der Waals surface area contributed by atoms with E-state index < -0.39 is 0 Å². The molecule has 116 valence electrons. The van der Waals surface area contributed by atoms with Crippen LogP contribution in [0.2, 0.25) is 5.02 Å². The van der Waals surface area contributed by atoms with Crippen molar-refractivity contribution < 1.29 is 9.53 Å². The van der Waals surface area contributed by atoms with Crippen molar-refractivity contribution in [2.24, 2.45) is 0 Å². The third-order valence-electron chi connectivity index (χ3n) is 3.45. The van der Waals surface area contributed by atoms with Gasteiger partial charge in [-0.05, 0) is 56.0 Å². The number of amides is 1. The van der Waals surface area contributed by atoms with Crippen LogP contribution < -0.4 is 10.1 Å². The number of anilines is 1. The highest BCUT2D eigenvalue weighted by atomic mass is 35.5. The number of aryl methyl sites for hydroxylation is 4. The number of rotatable bonds is 4. The molecule has 0 aliphatic rings. The first-order valence-electron chi connectivity index (χ1n) is 7.14. The number of carbonyl (C=O) groups is 1. The number of nitrogens with one attached hydrogen (secondary N) is 1. The van der Waals surface area contributed by atoms with Gasteiger partial charge in [0.25, 0.3) is 5.91 Å². The smallest absolute Gasteiger partial charge is 0.262 e. The minimum atomic E-state index is -0.225. The third-order valence-corrected chi connectivity index (χ3v) is 3.75. The Labute approximate surface area is 136 Å². The largest absolute Gasteiger partial charge is 0.483 e. The molecule has 0 aliphatic carbocycles. The van der Waals surface area contributed by atoms with Crippen molar-refractivity contribution >= 4 is 23.2 Å². The maximum absolute atomic E-state index is 12.1. The van der Waals surface area contributed by atoms with E-state index in [2.05, 4.69) is 5.32 Å². The number of hydrogen-bond acceptors (Lipinski definition) is 2. The van der Waals surface area contributed by atoms with Crippen molar-refractivity contribution in [2.45, 2.75) is 27.7 Å². The molecule has 0 heterocycles. The fourth-order valence-electron chi connectivity index (χ4n) is 2.41. The number of para-hydroxylation sites is 1. The van der Waals surface area contributed by atoms with Crippen LogP contribution in [0.15, 0.2) is 30.3 Å². The standard InChI is InChI=1S/C18H20ClNO2/c1-11-8-14(4)17(15(19)9-11)20-16(21)10-22-18-12(2)6-5-7-13(18)3/h5-9H,10H2,1-4H3,(H,20,21). The Balaban J connectivity index is 2.05. The zero-order chi connectivity index (χ0) is 16.3. The molecular formula is C18H20ClNO2. The highest BCUT2D eigenvalue weighted by Gasteiger charge is 2.11. The van der Waals surface area contributed by atoms with Gasteiger partial charge in [-0.15, -0.1) is 0 Å². The van der Waals surface area contributed by atoms with Gasteiger partial charge in [0.2, 0.25) is 0 Å². The van der Waals surface area contributed by atoms with E-state index in [1.54, 1.807) is 0 Å². The molecule has 2 aromatic rings. The number of carbonyl (C=O) groups excluding carboxylic acids is 1. The van der Waals surface area contributed by atoms with Gasteiger partial charge >= 0.3 is 0 Å². The van der Waals surface area contributed by atoms with Crippen LogP contribution in [-0.4, -0.2) is 12.5 Å². The number of halogens is 1. The lowest BCUT2D eigenvalue weighted by Crippen LogP contribution is -2.21. The summed E-state index contributed by atoms with van der Waals surface area (Å²) in [6, 6.07) is 9.69. The normalized spacial score (nSPS) is 10.4. The Morgan fingerprint density at radius 1 is 1.09 bits per heavy atom. The Kier molecular flexibility index (Phi) is 5.09. The highest BCUT2D eigenvalue weighted by molar-refractivity contribution is 6.34. The summed E-state index contributed by atoms with van der Waals surface area (Å²) in [4.78, 5) is 12.1. The van der Waals surface area contributed by atoms with Gasteiger partial charge in [0.1, 0.15) is 5.75 Å². The van der Waals surface area contributed by atoms with Crippen LogP contribution in [-0.2, 0) is 4.79 Å². The fraction of sp³-hybridized carbons (Fsp3) is 0.278. The van der Waals surface area contributed by atoms with E-state index in [1.165, 1.54) is 0 Å². The fourth-order valence-corrected chi connectivity index (χ4v) is 2.78. The van der Waals surface area contributed by atoms with Gasteiger partial charge in [-0.25, -0.2) is 0 Å². The summed E-state index contributed by atoms with van der Waals surface area (Å²) < 4.78 is 5.65. The van der Waals surface area contributed by atoms with Crippen molar-refractivity contribution in [2.75, 3.05) is 11.9 Å². The summed E-state index contributed by atoms with van der Waals surface area (Å²) in [6.45, 7) is 7.76. The molecule has 1 N–H and O–H groups in total. The Hall–Kier alpha value is -2.00. The molecule has 0 radical (unpaired) electrons. The van der Waals surface area contributed by atoms with Crippen LogP contribution in [0.5, 0.6) is 5.75 Å². The Bertz CT molecular complexity index is 667. The van der Waals surface area contributed by atoms with Crippen LogP contribution >= 0.6 is 11.6 Å². The summed E-state index contributed by atoms with van der Waals surface area (Å²) in [5, 5.41) is 3.36. The molecule has 3 nitrogen and oxygen atoms in total. The van der Waals surface area contributed by atoms with Gasteiger partial charge in [-0.1, -0.05) is 35.9 Å². The molecule has 0 aliphatic heterocycles. The predicted molar refractivity (Wildman–Crippen MR) is 91.0 cm³/mol. The SMILES string of the molecule is Cc1cc(C)c(NC(=O)COc2c(C)cccc2C)c(Cl)c1. The van der Waals surface area contributed by atoms with E-state index in [1.807, 2.05) is 58.0 Å². The second-order valence-corrected chi connectivity index (χ2v) is 5.90. The van der Waals surface area contributed by atoms with Gasteiger partial charge < -0.3 is 10.1 Å². The third kappa shape index (κ3) is 3.80. The number of hydrogen-bond donors (Lipinski definition) is 1. The van der Waals surface area contributed by atoms with Gasteiger partial charge in [0.15, 0.2) is 6.61 Å². The molecular weight excluding hydrogens is 298 g/mol. The van der Waals surface area contributed by atoms with E-state index in [0.717, 1.165) is 28.0 Å². The minimum absolute atomic E-state index is 0.0463. The summed E-state index contributed by atoms with van der Waals surface area (Å²) in [5.41, 5.74) is 4.66. The van der Waals surface area contributed by atoms with Crippen molar-refractivity contribution in [1.82, 2.24) is 0 Å². The molecule has 1 amide bonds. The lowest BCUT2D eigenvalue weighted by molar-refractivity contribution is -0.118. The van der Waals surface area contributed by atoms with E-state index >= 15 is 0 Å². The average molecular weight is 318 g/mol. The second-order valence-electron chi connectivity index (χ2n) is 5.50. The first kappa shape index (κ1) is 16.4. The first-order valence-corrected chi connectivity index (χ1v) is 7.52. The van der Waals surface area contributed by atoms with Crippen molar-refractivity contribution in [3.8, 4) is 5.75 Å². The molecule has 0 bridgehead atoms. The molecule has 0 aromatic heterocycles. The Morgan fingerprint density at radius 2 is 1.73 bits per heavy atom. The zero-order valence-electron chi connectivity index (χ0n) is 13.3. The molecule has 0 atom stereocenters. The average Bonchev–Trinajstić information content (AvgIpc) is 2.42. The summed E-state index contributed by atoms with van der Waals surface area (Å²) >= 11 is 6.19. The van der Waals surface area contributed by atoms with Crippen LogP contribution in [0.4, 0.5) is 5.69 Å². The molecule has 22 heavy (non-hydrogen) atoms. The van der Waals surface area contributed by atoms with E-state index in [9.17, 15) is 4.79 Å². The summed E-state index contributed by atoms with van der Waals surface area (Å²) in [6.07, 6.45) is 0. The van der Waals surface area contributed by atoms with Crippen LogP contribution in [0.3, 0.4) is 0 Å². The molecule has 0 fully saturated rings. The number of benzene rings is 2. The Morgan fingerprint density at radius 3 is 2.32 bits per heavy atom. The van der Waals surface area contributed by atoms with Gasteiger partial charge in [-0.3, -0.25) is 4.79 Å². The number of ether oxygens (including phenoxy) is 1. The second kappa shape index (κ2) is 6.84. The van der Waals surface area contributed by atoms with Crippen molar-refractivity contribution in [3.63, 3.8) is 0 Å². The lowest BCUT2D eigenvalue weighted by atomic mass is 10.1. The first-order chi connectivity index (χ1) is 10.4. The quantitative estimate of drug-likeness (QED) is 0.895. The lowest BCUT2D eigenvalue weighted by Gasteiger charge is -2.14. The zero-order valence-corrected chi connectivity index (χ0v) is 14.0. The molecule has 0 unspecified atom stereocenters. The molecule has 0 saturated carbocycles.